The number of hydrogen-bond donors (Lipinski definition) is 3. The van der Waals surface area contributed by atoms with E-state index in [9.17, 15) is 0 Å². The summed E-state index contributed by atoms with van der Waals surface area (Å²) in [5.41, 5.74) is 7.06. The minimum Gasteiger partial charge on any atom is -0.481 e. The molecule has 0 atom stereocenters. The van der Waals surface area contributed by atoms with Crippen molar-refractivity contribution in [3.63, 3.8) is 0 Å². The number of carboxylic acids is 3. The molecule has 0 unspecified atom stereocenters. The molecule has 0 saturated heterocycles. The van der Waals surface area contributed by atoms with Gasteiger partial charge in [0.15, 0.2) is 0 Å². The van der Waals surface area contributed by atoms with Gasteiger partial charge in [-0.2, -0.15) is 5.57 Å². The second-order valence-electron chi connectivity index (χ2n) is 6.12. The molecule has 3 aliphatic carbocycles. The number of hydrogen-bond acceptors (Lipinski definition) is 3. The first-order chi connectivity index (χ1) is 11.6. The standard InChI is InChI=1S/C13H17.3C2H4O2.Ti/c1-3-7-12-10(5-1)9-11-6-2-4-8-13(11)12;3*1-2(3)4;/h5H,1-4,6-9H2;3*1H3,(H,3,4);/q-1;;;;. The average molecular weight is 401 g/mol. The average Bonchev–Trinajstić information content (AvgIpc) is 2.84. The van der Waals surface area contributed by atoms with E-state index in [2.05, 4.69) is 6.42 Å². The zero-order chi connectivity index (χ0) is 19.4. The molecule has 0 saturated carbocycles. The number of carboxylic acid groups (broad SMARTS) is 3. The molecule has 0 fully saturated rings. The maximum atomic E-state index is 9.00. The molecule has 6 nitrogen and oxygen atoms in total. The smallest absolute Gasteiger partial charge is 0.300 e. The fourth-order valence-electron chi connectivity index (χ4n) is 3.12. The summed E-state index contributed by atoms with van der Waals surface area (Å²) >= 11 is 0. The number of allylic oxidation sites excluding steroid dienone is 4. The molecule has 0 heterocycles. The van der Waals surface area contributed by atoms with Gasteiger partial charge in [-0.05, 0) is 25.7 Å². The van der Waals surface area contributed by atoms with Crippen LogP contribution in [0.1, 0.15) is 72.1 Å². The minimum atomic E-state index is -0.833. The Hall–Kier alpha value is -1.53. The summed E-state index contributed by atoms with van der Waals surface area (Å²) in [5, 5.41) is 22.2. The van der Waals surface area contributed by atoms with E-state index in [1.165, 1.54) is 51.4 Å². The van der Waals surface area contributed by atoms with Crippen LogP contribution in [0, 0.1) is 6.42 Å². The van der Waals surface area contributed by atoms with Gasteiger partial charge in [-0.3, -0.25) is 14.4 Å². The van der Waals surface area contributed by atoms with Gasteiger partial charge in [-0.25, -0.2) is 12.0 Å². The van der Waals surface area contributed by atoms with E-state index >= 15 is 0 Å². The summed E-state index contributed by atoms with van der Waals surface area (Å²) in [6.45, 7) is 3.25. The summed E-state index contributed by atoms with van der Waals surface area (Å²) in [6, 6.07) is 0. The van der Waals surface area contributed by atoms with E-state index in [1.54, 1.807) is 22.3 Å². The van der Waals surface area contributed by atoms with Gasteiger partial charge in [-0.1, -0.05) is 24.8 Å². The molecule has 3 aliphatic rings. The topological polar surface area (TPSA) is 112 Å². The first-order valence-electron chi connectivity index (χ1n) is 8.50. The van der Waals surface area contributed by atoms with Crippen LogP contribution in [0.15, 0.2) is 22.3 Å². The maximum absolute atomic E-state index is 9.00. The molecule has 0 aromatic carbocycles. The number of fused-ring (bicyclic) bond motifs is 1. The molecule has 26 heavy (non-hydrogen) atoms. The van der Waals surface area contributed by atoms with Gasteiger partial charge in [0.1, 0.15) is 0 Å². The van der Waals surface area contributed by atoms with E-state index in [0.717, 1.165) is 20.8 Å². The van der Waals surface area contributed by atoms with Gasteiger partial charge in [0, 0.05) is 42.5 Å². The Bertz CT molecular complexity index is 478. The van der Waals surface area contributed by atoms with Crippen molar-refractivity contribution in [2.24, 2.45) is 0 Å². The summed E-state index contributed by atoms with van der Waals surface area (Å²) in [6.07, 6.45) is 13.6. The quantitative estimate of drug-likeness (QED) is 0.414. The second-order valence-corrected chi connectivity index (χ2v) is 6.12. The number of carbonyl (C=O) groups is 3. The van der Waals surface area contributed by atoms with Gasteiger partial charge >= 0.3 is 0 Å². The molecular formula is C19H29O6Ti-. The van der Waals surface area contributed by atoms with Gasteiger partial charge in [0.2, 0.25) is 0 Å². The van der Waals surface area contributed by atoms with Crippen molar-refractivity contribution in [3.05, 3.63) is 28.7 Å². The van der Waals surface area contributed by atoms with Crippen molar-refractivity contribution in [1.82, 2.24) is 0 Å². The third-order valence-corrected chi connectivity index (χ3v) is 3.76. The molecule has 0 spiro atoms. The fourth-order valence-corrected chi connectivity index (χ4v) is 3.12. The van der Waals surface area contributed by atoms with Crippen LogP contribution in [0.5, 0.6) is 0 Å². The normalized spacial score (nSPS) is 16.4. The molecule has 0 aliphatic heterocycles. The van der Waals surface area contributed by atoms with Gasteiger partial charge in [0.05, 0.1) is 0 Å². The third kappa shape index (κ3) is 12.8. The molecule has 146 valence electrons. The first kappa shape index (κ1) is 26.7. The van der Waals surface area contributed by atoms with Crippen LogP contribution >= 0.6 is 0 Å². The van der Waals surface area contributed by atoms with E-state index < -0.39 is 17.9 Å². The Labute approximate surface area is 170 Å². The van der Waals surface area contributed by atoms with Crippen molar-refractivity contribution in [2.45, 2.75) is 72.1 Å². The number of aliphatic carboxylic acids is 3. The zero-order valence-electron chi connectivity index (χ0n) is 15.8. The summed E-state index contributed by atoms with van der Waals surface area (Å²) in [5.74, 6) is -2.50. The van der Waals surface area contributed by atoms with Crippen molar-refractivity contribution < 1.29 is 51.4 Å². The van der Waals surface area contributed by atoms with Crippen LogP contribution < -0.4 is 0 Å². The predicted octanol–water partition coefficient (Wildman–Crippen LogP) is 4.22. The predicted molar refractivity (Wildman–Crippen MR) is 95.2 cm³/mol. The van der Waals surface area contributed by atoms with Gasteiger partial charge < -0.3 is 15.3 Å². The monoisotopic (exact) mass is 401 g/mol. The van der Waals surface area contributed by atoms with Crippen LogP contribution in [0.2, 0.25) is 0 Å². The largest absolute Gasteiger partial charge is 0.481 e. The van der Waals surface area contributed by atoms with Crippen LogP contribution in [0.4, 0.5) is 0 Å². The Morgan fingerprint density at radius 2 is 1.19 bits per heavy atom. The van der Waals surface area contributed by atoms with Crippen molar-refractivity contribution in [2.75, 3.05) is 0 Å². The van der Waals surface area contributed by atoms with Crippen LogP contribution in [0.25, 0.3) is 0 Å². The fraction of sp³-hybridized carbons (Fsp3) is 0.579. The first-order valence-corrected chi connectivity index (χ1v) is 8.50. The molecular weight excluding hydrogens is 372 g/mol. The van der Waals surface area contributed by atoms with Gasteiger partial charge in [0.25, 0.3) is 17.9 Å². The molecule has 3 N–H and O–H groups in total. The molecule has 0 aromatic rings. The minimum absolute atomic E-state index is 0. The molecule has 0 radical (unpaired) electrons. The molecule has 3 rings (SSSR count). The van der Waals surface area contributed by atoms with E-state index in [4.69, 9.17) is 29.7 Å². The molecule has 7 heteroatoms. The van der Waals surface area contributed by atoms with Crippen LogP contribution in [0.3, 0.4) is 0 Å². The Kier molecular flexibility index (Phi) is 15.0. The van der Waals surface area contributed by atoms with Crippen molar-refractivity contribution >= 4 is 17.9 Å². The second kappa shape index (κ2) is 14.6. The summed E-state index contributed by atoms with van der Waals surface area (Å²) in [4.78, 5) is 27.0. The Morgan fingerprint density at radius 1 is 0.769 bits per heavy atom. The van der Waals surface area contributed by atoms with Crippen LogP contribution in [-0.2, 0) is 36.1 Å². The van der Waals surface area contributed by atoms with Crippen molar-refractivity contribution in [1.29, 1.82) is 0 Å². The zero-order valence-corrected chi connectivity index (χ0v) is 17.4. The third-order valence-electron chi connectivity index (χ3n) is 3.76. The Morgan fingerprint density at radius 3 is 1.69 bits per heavy atom. The SMILES string of the molecule is CC(=O)O.CC(=O)O.CC(=O)O.[CH-]1CCCC2=C1CC1=C2CCCC1.[Ti]. The molecule has 0 aromatic heterocycles. The van der Waals surface area contributed by atoms with E-state index in [0.29, 0.717) is 0 Å². The van der Waals surface area contributed by atoms with Crippen LogP contribution in [-0.4, -0.2) is 33.2 Å². The van der Waals surface area contributed by atoms with Gasteiger partial charge in [-0.15, -0.1) is 12.0 Å². The maximum Gasteiger partial charge on any atom is 0.300 e. The Balaban J connectivity index is 0. The van der Waals surface area contributed by atoms with E-state index in [1.807, 2.05) is 0 Å². The number of rotatable bonds is 0. The molecule has 0 amide bonds. The van der Waals surface area contributed by atoms with Crippen molar-refractivity contribution in [3.8, 4) is 0 Å². The summed E-state index contributed by atoms with van der Waals surface area (Å²) in [7, 11) is 0. The van der Waals surface area contributed by atoms with E-state index in [-0.39, 0.29) is 21.7 Å². The summed E-state index contributed by atoms with van der Waals surface area (Å²) < 4.78 is 0. The molecule has 0 bridgehead atoms.